The van der Waals surface area contributed by atoms with Gasteiger partial charge in [0.25, 0.3) is 0 Å². The number of hydrogen-bond acceptors (Lipinski definition) is 3. The zero-order valence-electron chi connectivity index (χ0n) is 7.46. The highest BCUT2D eigenvalue weighted by atomic mass is 16.3. The maximum atomic E-state index is 10.5. The molecule has 0 amide bonds. The number of aliphatic hydroxyl groups excluding tert-OH is 1. The Hall–Kier alpha value is -0.410. The Morgan fingerprint density at radius 2 is 1.73 bits per heavy atom. The molecular weight excluding hydrogens is 144 g/mol. The van der Waals surface area contributed by atoms with Crippen molar-refractivity contribution in [1.29, 1.82) is 0 Å². The number of hydrogen-bond donors (Lipinski definition) is 2. The summed E-state index contributed by atoms with van der Waals surface area (Å²) < 4.78 is 0. The number of rotatable bonds is 2. The van der Waals surface area contributed by atoms with E-state index in [0.29, 0.717) is 6.29 Å². The number of carbonyl (C=O) groups is 1. The second-order valence-electron chi connectivity index (χ2n) is 3.87. The Morgan fingerprint density at radius 1 is 1.36 bits per heavy atom. The molecule has 0 saturated heterocycles. The summed E-state index contributed by atoms with van der Waals surface area (Å²) in [4.78, 5) is 10.5. The van der Waals surface area contributed by atoms with Crippen LogP contribution >= 0.6 is 0 Å². The van der Waals surface area contributed by atoms with E-state index in [4.69, 9.17) is 5.11 Å². The molecule has 0 bridgehead atoms. The van der Waals surface area contributed by atoms with E-state index in [1.54, 1.807) is 20.8 Å². The maximum absolute atomic E-state index is 10.5. The Labute approximate surface area is 67.0 Å². The zero-order chi connectivity index (χ0) is 9.28. The van der Waals surface area contributed by atoms with Crippen LogP contribution in [-0.2, 0) is 4.79 Å². The highest BCUT2D eigenvalue weighted by Crippen LogP contribution is 2.31. The lowest BCUT2D eigenvalue weighted by atomic mass is 9.74. The first-order valence-corrected chi connectivity index (χ1v) is 3.62. The second-order valence-corrected chi connectivity index (χ2v) is 3.87. The Kier molecular flexibility index (Phi) is 2.80. The molecular formula is C8H16O3. The van der Waals surface area contributed by atoms with Crippen molar-refractivity contribution in [2.24, 2.45) is 5.41 Å². The molecule has 0 aliphatic heterocycles. The third-order valence-corrected chi connectivity index (χ3v) is 2.02. The van der Waals surface area contributed by atoms with Crippen molar-refractivity contribution in [2.75, 3.05) is 0 Å². The third kappa shape index (κ3) is 1.79. The molecule has 2 N–H and O–H groups in total. The van der Waals surface area contributed by atoms with Crippen LogP contribution in [0.1, 0.15) is 27.7 Å². The average Bonchev–Trinajstić information content (AvgIpc) is 1.83. The van der Waals surface area contributed by atoms with Gasteiger partial charge >= 0.3 is 0 Å². The maximum Gasteiger partial charge on any atom is 0.154 e. The summed E-state index contributed by atoms with van der Waals surface area (Å²) >= 11 is 0. The summed E-state index contributed by atoms with van der Waals surface area (Å²) in [5.41, 5.74) is -2.28. The zero-order valence-corrected chi connectivity index (χ0v) is 7.46. The normalized spacial score (nSPS) is 20.5. The number of aldehydes is 1. The molecule has 0 aliphatic carbocycles. The van der Waals surface area contributed by atoms with E-state index in [-0.39, 0.29) is 0 Å². The fourth-order valence-corrected chi connectivity index (χ4v) is 0.902. The first-order valence-electron chi connectivity index (χ1n) is 3.62. The lowest BCUT2D eigenvalue weighted by Crippen LogP contribution is -2.52. The van der Waals surface area contributed by atoms with Crippen LogP contribution in [0.3, 0.4) is 0 Å². The standard InChI is InChI=1S/C8H16O3/c1-6(10)8(11,5-9)7(2,3)4/h5-6,10-11H,1-4H3. The van der Waals surface area contributed by atoms with E-state index in [1.165, 1.54) is 6.92 Å². The minimum Gasteiger partial charge on any atom is -0.390 e. The number of aliphatic hydroxyl groups is 2. The molecule has 0 fully saturated rings. The summed E-state index contributed by atoms with van der Waals surface area (Å²) in [5.74, 6) is 0. The van der Waals surface area contributed by atoms with Gasteiger partial charge in [0.15, 0.2) is 6.29 Å². The van der Waals surface area contributed by atoms with E-state index in [0.717, 1.165) is 0 Å². The summed E-state index contributed by atoms with van der Waals surface area (Å²) in [6.07, 6.45) is -0.641. The molecule has 11 heavy (non-hydrogen) atoms. The van der Waals surface area contributed by atoms with Crippen molar-refractivity contribution >= 4 is 6.29 Å². The SMILES string of the molecule is CC(O)C(O)(C=O)C(C)(C)C. The number of carbonyl (C=O) groups excluding carboxylic acids is 1. The minimum absolute atomic E-state index is 0.400. The van der Waals surface area contributed by atoms with Gasteiger partial charge in [-0.15, -0.1) is 0 Å². The van der Waals surface area contributed by atoms with Crippen LogP contribution in [0.2, 0.25) is 0 Å². The van der Waals surface area contributed by atoms with Crippen LogP contribution in [-0.4, -0.2) is 28.2 Å². The summed E-state index contributed by atoms with van der Waals surface area (Å²) in [6, 6.07) is 0. The summed E-state index contributed by atoms with van der Waals surface area (Å²) in [7, 11) is 0. The van der Waals surface area contributed by atoms with Gasteiger partial charge in [0, 0.05) is 5.41 Å². The molecule has 0 heterocycles. The molecule has 3 nitrogen and oxygen atoms in total. The molecule has 0 aliphatic rings. The summed E-state index contributed by atoms with van der Waals surface area (Å²) in [5, 5.41) is 18.7. The predicted octanol–water partition coefficient (Wildman–Crippen LogP) is 0.343. The van der Waals surface area contributed by atoms with Crippen LogP contribution in [0.5, 0.6) is 0 Å². The third-order valence-electron chi connectivity index (χ3n) is 2.02. The van der Waals surface area contributed by atoms with E-state index < -0.39 is 17.1 Å². The van der Waals surface area contributed by atoms with Gasteiger partial charge in [0.05, 0.1) is 6.10 Å². The van der Waals surface area contributed by atoms with E-state index in [1.807, 2.05) is 0 Å². The molecule has 2 unspecified atom stereocenters. The fraction of sp³-hybridized carbons (Fsp3) is 0.875. The molecule has 3 heteroatoms. The summed E-state index contributed by atoms with van der Waals surface area (Å²) in [6.45, 7) is 6.51. The quantitative estimate of drug-likeness (QED) is 0.573. The van der Waals surface area contributed by atoms with Crippen molar-refractivity contribution < 1.29 is 15.0 Å². The molecule has 66 valence electrons. The van der Waals surface area contributed by atoms with E-state index in [9.17, 15) is 9.90 Å². The van der Waals surface area contributed by atoms with Gasteiger partial charge in [-0.2, -0.15) is 0 Å². The Bertz CT molecular complexity index is 146. The van der Waals surface area contributed by atoms with Gasteiger partial charge in [-0.05, 0) is 6.92 Å². The highest BCUT2D eigenvalue weighted by molar-refractivity contribution is 5.64. The molecule has 0 aromatic carbocycles. The van der Waals surface area contributed by atoms with Crippen molar-refractivity contribution in [3.05, 3.63) is 0 Å². The largest absolute Gasteiger partial charge is 0.390 e. The van der Waals surface area contributed by atoms with Gasteiger partial charge in [0.2, 0.25) is 0 Å². The van der Waals surface area contributed by atoms with Gasteiger partial charge in [-0.3, -0.25) is 0 Å². The first kappa shape index (κ1) is 10.6. The van der Waals surface area contributed by atoms with Gasteiger partial charge in [-0.25, -0.2) is 0 Å². The van der Waals surface area contributed by atoms with Gasteiger partial charge in [0.1, 0.15) is 5.60 Å². The van der Waals surface area contributed by atoms with Gasteiger partial charge < -0.3 is 15.0 Å². The second kappa shape index (κ2) is 2.91. The Morgan fingerprint density at radius 3 is 1.73 bits per heavy atom. The van der Waals surface area contributed by atoms with E-state index in [2.05, 4.69) is 0 Å². The minimum atomic E-state index is -1.65. The monoisotopic (exact) mass is 160 g/mol. The van der Waals surface area contributed by atoms with Crippen molar-refractivity contribution in [1.82, 2.24) is 0 Å². The molecule has 0 radical (unpaired) electrons. The predicted molar refractivity (Wildman–Crippen MR) is 42.1 cm³/mol. The lowest BCUT2D eigenvalue weighted by Gasteiger charge is -2.37. The van der Waals surface area contributed by atoms with Crippen molar-refractivity contribution in [3.63, 3.8) is 0 Å². The molecule has 0 aromatic heterocycles. The van der Waals surface area contributed by atoms with Crippen LogP contribution in [0, 0.1) is 5.41 Å². The van der Waals surface area contributed by atoms with Crippen LogP contribution < -0.4 is 0 Å². The van der Waals surface area contributed by atoms with E-state index >= 15 is 0 Å². The fourth-order valence-electron chi connectivity index (χ4n) is 0.902. The molecule has 0 rings (SSSR count). The molecule has 0 spiro atoms. The van der Waals surface area contributed by atoms with Gasteiger partial charge in [-0.1, -0.05) is 20.8 Å². The lowest BCUT2D eigenvalue weighted by molar-refractivity contribution is -0.155. The van der Waals surface area contributed by atoms with Crippen LogP contribution in [0.25, 0.3) is 0 Å². The molecule has 0 saturated carbocycles. The first-order chi connectivity index (χ1) is 4.75. The molecule has 0 aromatic rings. The topological polar surface area (TPSA) is 57.5 Å². The smallest absolute Gasteiger partial charge is 0.154 e. The van der Waals surface area contributed by atoms with Crippen molar-refractivity contribution in [2.45, 2.75) is 39.4 Å². The van der Waals surface area contributed by atoms with Crippen LogP contribution in [0.15, 0.2) is 0 Å². The Balaban J connectivity index is 4.75. The highest BCUT2D eigenvalue weighted by Gasteiger charge is 2.44. The average molecular weight is 160 g/mol. The molecule has 2 atom stereocenters. The van der Waals surface area contributed by atoms with Crippen LogP contribution in [0.4, 0.5) is 0 Å². The van der Waals surface area contributed by atoms with Crippen molar-refractivity contribution in [3.8, 4) is 0 Å².